The number of likely N-dealkylation sites (tertiary alicyclic amines) is 1. The lowest BCUT2D eigenvalue weighted by Crippen LogP contribution is -2.38. The molecule has 1 N–H and O–H groups in total. The lowest BCUT2D eigenvalue weighted by Gasteiger charge is -2.26. The molecule has 0 spiro atoms. The fraction of sp³-hybridized carbons (Fsp3) is 0.684. The van der Waals surface area contributed by atoms with E-state index in [2.05, 4.69) is 15.3 Å². The van der Waals surface area contributed by atoms with E-state index in [1.165, 1.54) is 12.4 Å². The predicted octanol–water partition coefficient (Wildman–Crippen LogP) is 2.18. The molecule has 1 atom stereocenters. The highest BCUT2D eigenvalue weighted by molar-refractivity contribution is 6.04. The van der Waals surface area contributed by atoms with Gasteiger partial charge in [0, 0.05) is 38.6 Å². The minimum absolute atomic E-state index is 0.127. The largest absolute Gasteiger partial charge is 0.378 e. The van der Waals surface area contributed by atoms with Crippen LogP contribution >= 0.6 is 0 Å². The Morgan fingerprint density at radius 2 is 1.85 bits per heavy atom. The molecule has 3 heterocycles. The summed E-state index contributed by atoms with van der Waals surface area (Å²) >= 11 is 0. The summed E-state index contributed by atoms with van der Waals surface area (Å²) in [5.74, 6) is -0.517. The maximum Gasteiger partial charge on any atom is 0.274 e. The Morgan fingerprint density at radius 1 is 1.08 bits per heavy atom. The number of carbonyl (C=O) groups excluding carboxylic acids is 2. The first kappa shape index (κ1) is 18.8. The number of ether oxygens (including phenoxy) is 1. The van der Waals surface area contributed by atoms with Crippen LogP contribution in [-0.2, 0) is 4.74 Å². The number of unbranched alkanes of at least 4 members (excludes halogenated alkanes) is 1. The van der Waals surface area contributed by atoms with Gasteiger partial charge in [-0.2, -0.15) is 0 Å². The number of hydrogen-bond acceptors (Lipinski definition) is 5. The third-order valence-corrected chi connectivity index (χ3v) is 5.02. The molecule has 0 aromatic carbocycles. The van der Waals surface area contributed by atoms with Crippen LogP contribution < -0.4 is 5.32 Å². The van der Waals surface area contributed by atoms with Gasteiger partial charge >= 0.3 is 0 Å². The number of aromatic nitrogens is 2. The Morgan fingerprint density at radius 3 is 2.58 bits per heavy atom. The first-order valence-corrected chi connectivity index (χ1v) is 9.76. The number of amides is 2. The topological polar surface area (TPSA) is 84.4 Å². The molecule has 2 amide bonds. The lowest BCUT2D eigenvalue weighted by atomic mass is 10.1. The molecule has 2 saturated heterocycles. The monoisotopic (exact) mass is 360 g/mol. The maximum absolute atomic E-state index is 12.7. The number of carbonyl (C=O) groups is 2. The molecule has 0 aliphatic carbocycles. The van der Waals surface area contributed by atoms with Crippen LogP contribution in [0.4, 0.5) is 0 Å². The number of nitrogens with zero attached hydrogens (tertiary/aromatic N) is 3. The number of rotatable bonds is 7. The van der Waals surface area contributed by atoms with Gasteiger partial charge in [-0.3, -0.25) is 9.59 Å². The molecule has 2 fully saturated rings. The molecule has 1 unspecified atom stereocenters. The van der Waals surface area contributed by atoms with Crippen molar-refractivity contribution >= 4 is 11.8 Å². The summed E-state index contributed by atoms with van der Waals surface area (Å²) in [5, 5.41) is 2.87. The average molecular weight is 360 g/mol. The molecule has 0 bridgehead atoms. The SMILES string of the molecule is O=C(NCCCCC1CCCO1)c1nccnc1C(=O)N1CCCCC1. The maximum atomic E-state index is 12.7. The van der Waals surface area contributed by atoms with Gasteiger partial charge < -0.3 is 15.0 Å². The number of nitrogens with one attached hydrogen (secondary N) is 1. The smallest absolute Gasteiger partial charge is 0.274 e. The quantitative estimate of drug-likeness (QED) is 0.754. The summed E-state index contributed by atoms with van der Waals surface area (Å²) in [7, 11) is 0. The molecule has 3 rings (SSSR count). The van der Waals surface area contributed by atoms with E-state index in [1.54, 1.807) is 4.90 Å². The Balaban J connectivity index is 1.49. The highest BCUT2D eigenvalue weighted by atomic mass is 16.5. The van der Waals surface area contributed by atoms with Crippen molar-refractivity contribution in [3.8, 4) is 0 Å². The molecule has 7 nitrogen and oxygen atoms in total. The van der Waals surface area contributed by atoms with E-state index in [1.807, 2.05) is 0 Å². The number of hydrogen-bond donors (Lipinski definition) is 1. The fourth-order valence-corrected chi connectivity index (χ4v) is 3.56. The van der Waals surface area contributed by atoms with Gasteiger partial charge in [-0.25, -0.2) is 9.97 Å². The van der Waals surface area contributed by atoms with Crippen molar-refractivity contribution in [1.29, 1.82) is 0 Å². The first-order valence-electron chi connectivity index (χ1n) is 9.76. The van der Waals surface area contributed by atoms with Gasteiger partial charge in [-0.1, -0.05) is 0 Å². The third kappa shape index (κ3) is 5.00. The Bertz CT molecular complexity index is 611. The van der Waals surface area contributed by atoms with E-state index in [9.17, 15) is 9.59 Å². The molecule has 0 radical (unpaired) electrons. The summed E-state index contributed by atoms with van der Waals surface area (Å²) in [6, 6.07) is 0. The minimum atomic E-state index is -0.324. The summed E-state index contributed by atoms with van der Waals surface area (Å²) in [6.07, 6.45) is 11.7. The first-order chi connectivity index (χ1) is 12.8. The fourth-order valence-electron chi connectivity index (χ4n) is 3.56. The van der Waals surface area contributed by atoms with Gasteiger partial charge in [-0.05, 0) is 51.4 Å². The van der Waals surface area contributed by atoms with Crippen LogP contribution in [0.25, 0.3) is 0 Å². The highest BCUT2D eigenvalue weighted by Gasteiger charge is 2.25. The van der Waals surface area contributed by atoms with Crippen LogP contribution in [-0.4, -0.2) is 59.0 Å². The molecule has 2 aliphatic heterocycles. The average Bonchev–Trinajstić information content (AvgIpc) is 3.21. The van der Waals surface area contributed by atoms with Gasteiger partial charge in [-0.15, -0.1) is 0 Å². The molecule has 26 heavy (non-hydrogen) atoms. The standard InChI is InChI=1S/C19H28N4O3/c24-18(22-9-3-2-7-15-8-6-14-26-15)16-17(21-11-10-20-16)19(25)23-12-4-1-5-13-23/h10-11,15H,1-9,12-14H2,(H,22,24). The van der Waals surface area contributed by atoms with Crippen molar-refractivity contribution in [2.75, 3.05) is 26.2 Å². The molecular formula is C19H28N4O3. The Labute approximate surface area is 154 Å². The van der Waals surface area contributed by atoms with E-state index >= 15 is 0 Å². The summed E-state index contributed by atoms with van der Waals surface area (Å²) < 4.78 is 5.60. The second kappa shape index (κ2) is 9.62. The van der Waals surface area contributed by atoms with E-state index in [-0.39, 0.29) is 23.2 Å². The van der Waals surface area contributed by atoms with Crippen molar-refractivity contribution in [3.05, 3.63) is 23.8 Å². The molecular weight excluding hydrogens is 332 g/mol. The van der Waals surface area contributed by atoms with Gasteiger partial charge in [0.1, 0.15) is 0 Å². The van der Waals surface area contributed by atoms with Gasteiger partial charge in [0.15, 0.2) is 11.4 Å². The van der Waals surface area contributed by atoms with Crippen molar-refractivity contribution in [2.24, 2.45) is 0 Å². The normalized spacial score (nSPS) is 20.2. The van der Waals surface area contributed by atoms with E-state index in [0.717, 1.165) is 71.1 Å². The third-order valence-electron chi connectivity index (χ3n) is 5.02. The number of piperidine rings is 1. The van der Waals surface area contributed by atoms with Crippen molar-refractivity contribution < 1.29 is 14.3 Å². The zero-order valence-electron chi connectivity index (χ0n) is 15.3. The van der Waals surface area contributed by atoms with Crippen LogP contribution in [0, 0.1) is 0 Å². The van der Waals surface area contributed by atoms with Crippen molar-refractivity contribution in [3.63, 3.8) is 0 Å². The molecule has 0 saturated carbocycles. The van der Waals surface area contributed by atoms with Crippen molar-refractivity contribution in [2.45, 2.75) is 57.5 Å². The predicted molar refractivity (Wildman–Crippen MR) is 96.9 cm³/mol. The molecule has 1 aromatic heterocycles. The van der Waals surface area contributed by atoms with Crippen molar-refractivity contribution in [1.82, 2.24) is 20.2 Å². The molecule has 142 valence electrons. The Kier molecular flexibility index (Phi) is 6.94. The molecule has 2 aliphatic rings. The van der Waals surface area contributed by atoms with Gasteiger partial charge in [0.2, 0.25) is 0 Å². The van der Waals surface area contributed by atoms with E-state index in [4.69, 9.17) is 4.74 Å². The summed E-state index contributed by atoms with van der Waals surface area (Å²) in [5.41, 5.74) is 0.286. The summed E-state index contributed by atoms with van der Waals surface area (Å²) in [4.78, 5) is 35.2. The zero-order chi connectivity index (χ0) is 18.2. The summed E-state index contributed by atoms with van der Waals surface area (Å²) in [6.45, 7) is 2.89. The second-order valence-corrected chi connectivity index (χ2v) is 6.99. The highest BCUT2D eigenvalue weighted by Crippen LogP contribution is 2.17. The van der Waals surface area contributed by atoms with Crippen LogP contribution in [0.2, 0.25) is 0 Å². The van der Waals surface area contributed by atoms with Gasteiger partial charge in [0.25, 0.3) is 11.8 Å². The van der Waals surface area contributed by atoms with Crippen LogP contribution in [0.1, 0.15) is 72.3 Å². The second-order valence-electron chi connectivity index (χ2n) is 6.99. The van der Waals surface area contributed by atoms with Crippen LogP contribution in [0.3, 0.4) is 0 Å². The zero-order valence-corrected chi connectivity index (χ0v) is 15.3. The van der Waals surface area contributed by atoms with Gasteiger partial charge in [0.05, 0.1) is 6.10 Å². The lowest BCUT2D eigenvalue weighted by molar-refractivity contribution is 0.0711. The molecule has 1 aromatic rings. The van der Waals surface area contributed by atoms with E-state index < -0.39 is 0 Å². The Hall–Kier alpha value is -2.02. The van der Waals surface area contributed by atoms with E-state index in [0.29, 0.717) is 12.6 Å². The van der Waals surface area contributed by atoms with Crippen LogP contribution in [0.5, 0.6) is 0 Å². The molecule has 7 heteroatoms. The van der Waals surface area contributed by atoms with Crippen LogP contribution in [0.15, 0.2) is 12.4 Å². The minimum Gasteiger partial charge on any atom is -0.378 e.